The van der Waals surface area contributed by atoms with E-state index in [1.807, 2.05) is 6.92 Å². The molecule has 0 fully saturated rings. The fraction of sp³-hybridized carbons (Fsp3) is 0.286. The average Bonchev–Trinajstić information content (AvgIpc) is 2.82. The molecule has 0 spiro atoms. The van der Waals surface area contributed by atoms with Crippen LogP contribution in [0.3, 0.4) is 0 Å². The molecular weight excluding hydrogens is 370 g/mol. The molecule has 0 aliphatic rings. The van der Waals surface area contributed by atoms with Gasteiger partial charge >= 0.3 is 6.18 Å². The normalized spacial score (nSPS) is 13.4. The van der Waals surface area contributed by atoms with Crippen molar-refractivity contribution in [1.82, 2.24) is 5.32 Å². The van der Waals surface area contributed by atoms with E-state index in [0.717, 1.165) is 14.7 Å². The minimum Gasteiger partial charge on any atom is -0.306 e. The second kappa shape index (κ2) is 6.46. The maximum atomic E-state index is 14.3. The lowest BCUT2D eigenvalue weighted by atomic mass is 10.0. The van der Waals surface area contributed by atoms with Gasteiger partial charge in [0, 0.05) is 10.4 Å². The minimum absolute atomic E-state index is 0.000949. The second-order valence-corrected chi connectivity index (χ2v) is 6.83. The number of hydrogen-bond acceptors (Lipinski definition) is 2. The maximum Gasteiger partial charge on any atom is 0.419 e. The van der Waals surface area contributed by atoms with E-state index in [-0.39, 0.29) is 5.56 Å². The highest BCUT2D eigenvalue weighted by atomic mass is 79.9. The van der Waals surface area contributed by atoms with Gasteiger partial charge in [0.15, 0.2) is 0 Å². The van der Waals surface area contributed by atoms with E-state index in [1.165, 1.54) is 23.5 Å². The van der Waals surface area contributed by atoms with E-state index in [4.69, 9.17) is 0 Å². The highest BCUT2D eigenvalue weighted by Crippen LogP contribution is 2.37. The van der Waals surface area contributed by atoms with Crippen molar-refractivity contribution < 1.29 is 17.6 Å². The number of alkyl halides is 3. The van der Waals surface area contributed by atoms with Gasteiger partial charge in [0.1, 0.15) is 5.82 Å². The third-order valence-electron chi connectivity index (χ3n) is 2.93. The monoisotopic (exact) mass is 381 g/mol. The quantitative estimate of drug-likeness (QED) is 0.702. The molecular formula is C14H12BrF4NS. The van der Waals surface area contributed by atoms with Gasteiger partial charge in [0.2, 0.25) is 0 Å². The Morgan fingerprint density at radius 2 is 1.95 bits per heavy atom. The van der Waals surface area contributed by atoms with Crippen molar-refractivity contribution in [2.45, 2.75) is 19.1 Å². The number of halogens is 5. The molecule has 0 saturated carbocycles. The molecule has 0 radical (unpaired) electrons. The zero-order valence-electron chi connectivity index (χ0n) is 11.0. The Balaban J connectivity index is 2.51. The predicted molar refractivity (Wildman–Crippen MR) is 78.9 cm³/mol. The van der Waals surface area contributed by atoms with Gasteiger partial charge in [-0.1, -0.05) is 19.1 Å². The van der Waals surface area contributed by atoms with Crippen molar-refractivity contribution in [3.63, 3.8) is 0 Å². The summed E-state index contributed by atoms with van der Waals surface area (Å²) in [6, 6.07) is 6.32. The zero-order chi connectivity index (χ0) is 15.6. The summed E-state index contributed by atoms with van der Waals surface area (Å²) in [5.74, 6) is -1.22. The summed E-state index contributed by atoms with van der Waals surface area (Å²) in [6.07, 6.45) is -4.70. The first-order chi connectivity index (χ1) is 9.84. The Labute approximate surface area is 132 Å². The van der Waals surface area contributed by atoms with E-state index in [9.17, 15) is 17.6 Å². The van der Waals surface area contributed by atoms with Crippen molar-refractivity contribution in [1.29, 1.82) is 0 Å². The van der Waals surface area contributed by atoms with E-state index >= 15 is 0 Å². The molecule has 0 amide bonds. The Hall–Kier alpha value is -0.920. The summed E-state index contributed by atoms with van der Waals surface area (Å²) in [7, 11) is 0. The fourth-order valence-corrected chi connectivity index (χ4v) is 3.56. The van der Waals surface area contributed by atoms with Crippen molar-refractivity contribution in [2.75, 3.05) is 6.54 Å². The Morgan fingerprint density at radius 3 is 2.48 bits per heavy atom. The first kappa shape index (κ1) is 16.5. The highest BCUT2D eigenvalue weighted by molar-refractivity contribution is 9.11. The Kier molecular flexibility index (Phi) is 5.06. The molecule has 1 heterocycles. The predicted octanol–water partition coefficient (Wildman–Crippen LogP) is 5.37. The molecule has 0 bridgehead atoms. The van der Waals surface area contributed by atoms with Crippen LogP contribution in [0.15, 0.2) is 34.1 Å². The van der Waals surface area contributed by atoms with Crippen molar-refractivity contribution in [2.24, 2.45) is 0 Å². The molecule has 1 aromatic carbocycles. The molecule has 1 unspecified atom stereocenters. The Morgan fingerprint density at radius 1 is 1.24 bits per heavy atom. The summed E-state index contributed by atoms with van der Waals surface area (Å²) in [4.78, 5) is 0.752. The minimum atomic E-state index is -4.70. The largest absolute Gasteiger partial charge is 0.419 e. The summed E-state index contributed by atoms with van der Waals surface area (Å²) in [5, 5.41) is 3.03. The first-order valence-corrected chi connectivity index (χ1v) is 7.79. The lowest BCUT2D eigenvalue weighted by molar-refractivity contribution is -0.140. The molecule has 0 aliphatic carbocycles. The number of thiophene rings is 1. The number of hydrogen-bond donors (Lipinski definition) is 1. The van der Waals surface area contributed by atoms with Gasteiger partial charge in [0.25, 0.3) is 0 Å². The summed E-state index contributed by atoms with van der Waals surface area (Å²) < 4.78 is 53.6. The van der Waals surface area contributed by atoms with Crippen LogP contribution in [0.5, 0.6) is 0 Å². The van der Waals surface area contributed by atoms with Crippen LogP contribution in [0, 0.1) is 5.82 Å². The van der Waals surface area contributed by atoms with E-state index in [2.05, 4.69) is 21.2 Å². The van der Waals surface area contributed by atoms with Gasteiger partial charge in [-0.15, -0.1) is 11.3 Å². The van der Waals surface area contributed by atoms with Gasteiger partial charge in [0.05, 0.1) is 15.4 Å². The van der Waals surface area contributed by atoms with Gasteiger partial charge < -0.3 is 5.32 Å². The van der Waals surface area contributed by atoms with Crippen LogP contribution in [-0.2, 0) is 6.18 Å². The molecule has 2 aromatic rings. The van der Waals surface area contributed by atoms with Crippen LogP contribution in [-0.4, -0.2) is 6.54 Å². The Bertz CT molecular complexity index is 624. The lowest BCUT2D eigenvalue weighted by Gasteiger charge is -2.19. The zero-order valence-corrected chi connectivity index (χ0v) is 13.4. The topological polar surface area (TPSA) is 12.0 Å². The summed E-state index contributed by atoms with van der Waals surface area (Å²) in [6.45, 7) is 2.33. The third kappa shape index (κ3) is 3.64. The standard InChI is InChI=1S/C14H12BrF4NS/c1-2-20-13(10-6-7-11(15)21-10)8-4-3-5-9(12(8)16)14(17,18)19/h3-7,13,20H,2H2,1H3. The maximum absolute atomic E-state index is 14.3. The highest BCUT2D eigenvalue weighted by Gasteiger charge is 2.36. The molecule has 1 N–H and O–H groups in total. The first-order valence-electron chi connectivity index (χ1n) is 6.18. The van der Waals surface area contributed by atoms with Gasteiger partial charge in [-0.3, -0.25) is 0 Å². The molecule has 21 heavy (non-hydrogen) atoms. The van der Waals surface area contributed by atoms with E-state index in [1.54, 1.807) is 12.1 Å². The fourth-order valence-electron chi connectivity index (χ4n) is 2.04. The van der Waals surface area contributed by atoms with Crippen LogP contribution in [0.2, 0.25) is 0 Å². The van der Waals surface area contributed by atoms with Crippen molar-refractivity contribution >= 4 is 27.3 Å². The van der Waals surface area contributed by atoms with Crippen LogP contribution >= 0.6 is 27.3 Å². The molecule has 0 saturated heterocycles. The van der Waals surface area contributed by atoms with E-state index < -0.39 is 23.6 Å². The van der Waals surface area contributed by atoms with Crippen LogP contribution in [0.25, 0.3) is 0 Å². The molecule has 1 atom stereocenters. The molecule has 1 aromatic heterocycles. The van der Waals surface area contributed by atoms with Crippen molar-refractivity contribution in [3.8, 4) is 0 Å². The van der Waals surface area contributed by atoms with Crippen molar-refractivity contribution in [3.05, 3.63) is 55.9 Å². The molecule has 2 rings (SSSR count). The van der Waals surface area contributed by atoms with Crippen LogP contribution in [0.4, 0.5) is 17.6 Å². The lowest BCUT2D eigenvalue weighted by Crippen LogP contribution is -2.23. The van der Waals surface area contributed by atoms with Gasteiger partial charge in [-0.2, -0.15) is 13.2 Å². The molecule has 0 aliphatic heterocycles. The van der Waals surface area contributed by atoms with Crippen LogP contribution < -0.4 is 5.32 Å². The van der Waals surface area contributed by atoms with E-state index in [0.29, 0.717) is 6.54 Å². The number of nitrogens with one attached hydrogen (secondary N) is 1. The SMILES string of the molecule is CCNC(c1ccc(Br)s1)c1cccc(C(F)(F)F)c1F. The third-order valence-corrected chi connectivity index (χ3v) is 4.62. The van der Waals surface area contributed by atoms with Crippen LogP contribution in [0.1, 0.15) is 29.0 Å². The number of rotatable bonds is 4. The smallest absolute Gasteiger partial charge is 0.306 e. The average molecular weight is 382 g/mol. The van der Waals surface area contributed by atoms with Gasteiger partial charge in [-0.05, 0) is 40.7 Å². The second-order valence-electron chi connectivity index (χ2n) is 4.34. The van der Waals surface area contributed by atoms with Gasteiger partial charge in [-0.25, -0.2) is 4.39 Å². The summed E-state index contributed by atoms with van der Waals surface area (Å²) >= 11 is 4.66. The molecule has 114 valence electrons. The molecule has 7 heteroatoms. The number of benzene rings is 1. The summed E-state index contributed by atoms with van der Waals surface area (Å²) in [5.41, 5.74) is -1.24. The molecule has 1 nitrogen and oxygen atoms in total.